The fourth-order valence-electron chi connectivity index (χ4n) is 2.47. The molecule has 3 rings (SSSR count). The van der Waals surface area contributed by atoms with Crippen LogP contribution in [0.4, 0.5) is 4.39 Å². The summed E-state index contributed by atoms with van der Waals surface area (Å²) in [6.45, 7) is 0.170. The Morgan fingerprint density at radius 1 is 1.25 bits per heavy atom. The third-order valence-corrected chi connectivity index (χ3v) is 4.19. The molecule has 0 fully saturated rings. The fraction of sp³-hybridized carbons (Fsp3) is 0.111. The van der Waals surface area contributed by atoms with Crippen molar-refractivity contribution in [3.8, 4) is 11.3 Å². The number of nitrogens with zero attached hydrogens (tertiary/aromatic N) is 2. The zero-order chi connectivity index (χ0) is 17.1. The maximum Gasteiger partial charge on any atom is 0.257 e. The number of hydrogen-bond acceptors (Lipinski definition) is 2. The minimum absolute atomic E-state index is 0.170. The molecule has 0 unspecified atom stereocenters. The molecule has 2 aromatic carbocycles. The molecule has 0 saturated carbocycles. The first kappa shape index (κ1) is 16.4. The van der Waals surface area contributed by atoms with Crippen LogP contribution in [-0.2, 0) is 6.54 Å². The fourth-order valence-corrected chi connectivity index (χ4v) is 2.88. The molecule has 122 valence electrons. The van der Waals surface area contributed by atoms with E-state index in [1.807, 2.05) is 30.3 Å². The van der Waals surface area contributed by atoms with Crippen molar-refractivity contribution in [2.24, 2.45) is 0 Å². The van der Waals surface area contributed by atoms with Gasteiger partial charge in [-0.2, -0.15) is 5.10 Å². The van der Waals surface area contributed by atoms with Crippen LogP contribution in [0.15, 0.2) is 59.2 Å². The van der Waals surface area contributed by atoms with Gasteiger partial charge in [0.05, 0.1) is 17.5 Å². The minimum atomic E-state index is -0.340. The number of rotatable bonds is 4. The highest BCUT2D eigenvalue weighted by Gasteiger charge is 2.20. The molecular weight excluding hydrogens is 373 g/mol. The molecule has 3 aromatic rings. The number of benzene rings is 2. The van der Waals surface area contributed by atoms with Gasteiger partial charge >= 0.3 is 0 Å². The van der Waals surface area contributed by atoms with Crippen molar-refractivity contribution in [1.82, 2.24) is 15.1 Å². The Labute approximate surface area is 147 Å². The van der Waals surface area contributed by atoms with E-state index in [0.29, 0.717) is 16.8 Å². The van der Waals surface area contributed by atoms with Crippen LogP contribution in [0.3, 0.4) is 0 Å². The Bertz CT molecular complexity index is 864. The Morgan fingerprint density at radius 2 is 2.00 bits per heavy atom. The minimum Gasteiger partial charge on any atom is -0.337 e. The van der Waals surface area contributed by atoms with E-state index in [2.05, 4.69) is 26.1 Å². The lowest BCUT2D eigenvalue weighted by molar-refractivity contribution is 0.0784. The number of aromatic amines is 1. The van der Waals surface area contributed by atoms with Crippen LogP contribution in [0.25, 0.3) is 11.3 Å². The number of amides is 1. The van der Waals surface area contributed by atoms with Crippen molar-refractivity contribution in [3.05, 3.63) is 76.1 Å². The molecule has 0 aliphatic heterocycles. The second-order valence-electron chi connectivity index (χ2n) is 5.42. The number of nitrogens with one attached hydrogen (secondary N) is 1. The van der Waals surface area contributed by atoms with E-state index in [-0.39, 0.29) is 18.3 Å². The van der Waals surface area contributed by atoms with Crippen LogP contribution < -0.4 is 0 Å². The topological polar surface area (TPSA) is 49.0 Å². The van der Waals surface area contributed by atoms with Gasteiger partial charge < -0.3 is 4.90 Å². The van der Waals surface area contributed by atoms with Gasteiger partial charge in [0.15, 0.2) is 0 Å². The van der Waals surface area contributed by atoms with Gasteiger partial charge in [0.25, 0.3) is 5.91 Å². The number of carbonyl (C=O) groups excluding carboxylic acids is 1. The highest BCUT2D eigenvalue weighted by atomic mass is 79.9. The average Bonchev–Trinajstić information content (AvgIpc) is 3.08. The summed E-state index contributed by atoms with van der Waals surface area (Å²) in [5.74, 6) is -0.560. The summed E-state index contributed by atoms with van der Waals surface area (Å²) in [7, 11) is 1.64. The molecule has 1 amide bonds. The van der Waals surface area contributed by atoms with Crippen LogP contribution in [0.1, 0.15) is 15.9 Å². The van der Waals surface area contributed by atoms with E-state index in [4.69, 9.17) is 0 Å². The Morgan fingerprint density at radius 3 is 2.75 bits per heavy atom. The van der Waals surface area contributed by atoms with Crippen molar-refractivity contribution >= 4 is 21.8 Å². The van der Waals surface area contributed by atoms with Gasteiger partial charge in [0, 0.05) is 29.2 Å². The maximum absolute atomic E-state index is 13.9. The summed E-state index contributed by atoms with van der Waals surface area (Å²) < 4.78 is 14.7. The Hall–Kier alpha value is -2.47. The van der Waals surface area contributed by atoms with Crippen molar-refractivity contribution in [2.45, 2.75) is 6.54 Å². The second kappa shape index (κ2) is 6.97. The molecule has 1 N–H and O–H groups in total. The molecule has 6 heteroatoms. The lowest BCUT2D eigenvalue weighted by Gasteiger charge is -2.18. The average molecular weight is 388 g/mol. The number of carbonyl (C=O) groups is 1. The van der Waals surface area contributed by atoms with E-state index in [0.717, 1.165) is 10.0 Å². The maximum atomic E-state index is 13.9. The van der Waals surface area contributed by atoms with Crippen LogP contribution in [0.2, 0.25) is 0 Å². The van der Waals surface area contributed by atoms with Gasteiger partial charge in [-0.05, 0) is 18.2 Å². The first-order valence-electron chi connectivity index (χ1n) is 7.34. The van der Waals surface area contributed by atoms with Crippen molar-refractivity contribution in [2.75, 3.05) is 7.05 Å². The number of hydrogen-bond donors (Lipinski definition) is 1. The standard InChI is InChI=1S/C18H15BrFN3O/c1-23(11-13-9-14(19)7-8-16(13)20)18(24)15-10-21-22-17(15)12-5-3-2-4-6-12/h2-10H,11H2,1H3,(H,21,22). The molecule has 0 bridgehead atoms. The lowest BCUT2D eigenvalue weighted by atomic mass is 10.1. The predicted octanol–water partition coefficient (Wildman–Crippen LogP) is 4.25. The van der Waals surface area contributed by atoms with Crippen LogP contribution in [-0.4, -0.2) is 28.1 Å². The predicted molar refractivity (Wildman–Crippen MR) is 93.9 cm³/mol. The first-order chi connectivity index (χ1) is 11.6. The van der Waals surface area contributed by atoms with Gasteiger partial charge in [0.1, 0.15) is 5.82 Å². The number of H-pyrrole nitrogens is 1. The van der Waals surface area contributed by atoms with Gasteiger partial charge in [-0.1, -0.05) is 46.3 Å². The smallest absolute Gasteiger partial charge is 0.257 e. The largest absolute Gasteiger partial charge is 0.337 e. The van der Waals surface area contributed by atoms with E-state index >= 15 is 0 Å². The molecule has 1 heterocycles. The molecule has 24 heavy (non-hydrogen) atoms. The van der Waals surface area contributed by atoms with Gasteiger partial charge in [-0.3, -0.25) is 9.89 Å². The van der Waals surface area contributed by atoms with E-state index in [1.165, 1.54) is 17.2 Å². The lowest BCUT2D eigenvalue weighted by Crippen LogP contribution is -2.26. The SMILES string of the molecule is CN(Cc1cc(Br)ccc1F)C(=O)c1cn[nH]c1-c1ccccc1. The summed E-state index contributed by atoms with van der Waals surface area (Å²) >= 11 is 3.32. The number of halogens is 2. The molecule has 4 nitrogen and oxygen atoms in total. The van der Waals surface area contributed by atoms with E-state index in [9.17, 15) is 9.18 Å². The molecule has 0 radical (unpaired) electrons. The number of aromatic nitrogens is 2. The van der Waals surface area contributed by atoms with Crippen LogP contribution in [0.5, 0.6) is 0 Å². The third kappa shape index (κ3) is 3.38. The van der Waals surface area contributed by atoms with Crippen molar-refractivity contribution < 1.29 is 9.18 Å². The quantitative estimate of drug-likeness (QED) is 0.727. The molecule has 0 saturated heterocycles. The summed E-state index contributed by atoms with van der Waals surface area (Å²) in [4.78, 5) is 14.2. The molecule has 1 aromatic heterocycles. The summed E-state index contributed by atoms with van der Waals surface area (Å²) in [5, 5.41) is 6.85. The van der Waals surface area contributed by atoms with E-state index < -0.39 is 0 Å². The van der Waals surface area contributed by atoms with Gasteiger partial charge in [-0.15, -0.1) is 0 Å². The molecule has 0 atom stereocenters. The van der Waals surface area contributed by atoms with Gasteiger partial charge in [0.2, 0.25) is 0 Å². The van der Waals surface area contributed by atoms with Crippen LogP contribution in [0, 0.1) is 5.82 Å². The zero-order valence-electron chi connectivity index (χ0n) is 13.0. The Balaban J connectivity index is 1.85. The highest BCUT2D eigenvalue weighted by Crippen LogP contribution is 2.23. The Kier molecular flexibility index (Phi) is 4.76. The molecule has 0 aliphatic rings. The van der Waals surface area contributed by atoms with Crippen molar-refractivity contribution in [3.63, 3.8) is 0 Å². The summed E-state index contributed by atoms with van der Waals surface area (Å²) in [6.07, 6.45) is 1.50. The first-order valence-corrected chi connectivity index (χ1v) is 8.13. The van der Waals surface area contributed by atoms with E-state index in [1.54, 1.807) is 19.2 Å². The summed E-state index contributed by atoms with van der Waals surface area (Å²) in [5.41, 5.74) is 2.44. The molecule has 0 aliphatic carbocycles. The normalized spacial score (nSPS) is 10.6. The molecule has 0 spiro atoms. The third-order valence-electron chi connectivity index (χ3n) is 3.69. The van der Waals surface area contributed by atoms with Crippen LogP contribution >= 0.6 is 15.9 Å². The monoisotopic (exact) mass is 387 g/mol. The second-order valence-corrected chi connectivity index (χ2v) is 6.34. The van der Waals surface area contributed by atoms with Gasteiger partial charge in [-0.25, -0.2) is 4.39 Å². The summed E-state index contributed by atoms with van der Waals surface area (Å²) in [6, 6.07) is 14.2. The van der Waals surface area contributed by atoms with Crippen molar-refractivity contribution in [1.29, 1.82) is 0 Å². The highest BCUT2D eigenvalue weighted by molar-refractivity contribution is 9.10. The molecular formula is C18H15BrFN3O. The zero-order valence-corrected chi connectivity index (χ0v) is 14.5.